The Bertz CT molecular complexity index is 613. The fourth-order valence-corrected chi connectivity index (χ4v) is 2.21. The minimum atomic E-state index is -0.132. The first-order valence-corrected chi connectivity index (χ1v) is 7.59. The molecule has 0 saturated heterocycles. The minimum absolute atomic E-state index is 0.0121. The molecule has 2 aromatic carbocycles. The standard InChI is InChI=1S/C17H18BrNO2/c1-12-10-15(8-9-16(12)18)21-11-17(20)19-13(2)14-6-4-3-5-7-14/h3-10,13H,11H2,1-2H3,(H,19,20)/t13-/m1/s1. The highest BCUT2D eigenvalue weighted by molar-refractivity contribution is 9.10. The summed E-state index contributed by atoms with van der Waals surface area (Å²) < 4.78 is 6.53. The summed E-state index contributed by atoms with van der Waals surface area (Å²) in [6.45, 7) is 3.95. The monoisotopic (exact) mass is 347 g/mol. The van der Waals surface area contributed by atoms with Crippen LogP contribution in [0.2, 0.25) is 0 Å². The second-order valence-corrected chi connectivity index (χ2v) is 5.75. The number of hydrogen-bond acceptors (Lipinski definition) is 2. The van der Waals surface area contributed by atoms with E-state index in [-0.39, 0.29) is 18.6 Å². The Kier molecular flexibility index (Phi) is 5.39. The van der Waals surface area contributed by atoms with Gasteiger partial charge in [-0.15, -0.1) is 0 Å². The molecular weight excluding hydrogens is 330 g/mol. The maximum atomic E-state index is 11.9. The van der Waals surface area contributed by atoms with Crippen molar-refractivity contribution in [2.75, 3.05) is 6.61 Å². The Labute approximate surface area is 133 Å². The van der Waals surface area contributed by atoms with Crippen molar-refractivity contribution >= 4 is 21.8 Å². The molecule has 0 heterocycles. The molecule has 0 bridgehead atoms. The molecule has 4 heteroatoms. The summed E-state index contributed by atoms with van der Waals surface area (Å²) in [4.78, 5) is 11.9. The predicted molar refractivity (Wildman–Crippen MR) is 87.4 cm³/mol. The number of halogens is 1. The number of aryl methyl sites for hydroxylation is 1. The van der Waals surface area contributed by atoms with Crippen LogP contribution in [0, 0.1) is 6.92 Å². The van der Waals surface area contributed by atoms with Crippen LogP contribution in [-0.4, -0.2) is 12.5 Å². The quantitative estimate of drug-likeness (QED) is 0.887. The normalized spacial score (nSPS) is 11.8. The Morgan fingerprint density at radius 3 is 2.62 bits per heavy atom. The molecule has 0 aliphatic rings. The third-order valence-corrected chi connectivity index (χ3v) is 4.07. The first-order chi connectivity index (χ1) is 10.1. The number of ether oxygens (including phenoxy) is 1. The highest BCUT2D eigenvalue weighted by Gasteiger charge is 2.09. The molecular formula is C17H18BrNO2. The van der Waals surface area contributed by atoms with Crippen LogP contribution < -0.4 is 10.1 Å². The third-order valence-electron chi connectivity index (χ3n) is 3.18. The lowest BCUT2D eigenvalue weighted by atomic mass is 10.1. The van der Waals surface area contributed by atoms with Crippen molar-refractivity contribution in [1.82, 2.24) is 5.32 Å². The minimum Gasteiger partial charge on any atom is -0.484 e. The lowest BCUT2D eigenvalue weighted by molar-refractivity contribution is -0.123. The molecule has 0 aliphatic heterocycles. The lowest BCUT2D eigenvalue weighted by Crippen LogP contribution is -2.31. The van der Waals surface area contributed by atoms with E-state index in [1.54, 1.807) is 0 Å². The molecule has 0 saturated carbocycles. The highest BCUT2D eigenvalue weighted by Crippen LogP contribution is 2.21. The van der Waals surface area contributed by atoms with Crippen LogP contribution in [0.1, 0.15) is 24.1 Å². The van der Waals surface area contributed by atoms with Gasteiger partial charge in [0.2, 0.25) is 0 Å². The van der Waals surface area contributed by atoms with Crippen LogP contribution in [0.3, 0.4) is 0 Å². The Balaban J connectivity index is 1.86. The summed E-state index contributed by atoms with van der Waals surface area (Å²) in [5.74, 6) is 0.560. The van der Waals surface area contributed by atoms with Crippen LogP contribution >= 0.6 is 15.9 Å². The fourth-order valence-electron chi connectivity index (χ4n) is 1.96. The smallest absolute Gasteiger partial charge is 0.258 e. The summed E-state index contributed by atoms with van der Waals surface area (Å²) >= 11 is 3.43. The van der Waals surface area contributed by atoms with E-state index in [1.807, 2.05) is 62.4 Å². The summed E-state index contributed by atoms with van der Waals surface area (Å²) in [6.07, 6.45) is 0. The number of carbonyl (C=O) groups is 1. The van der Waals surface area contributed by atoms with E-state index < -0.39 is 0 Å². The van der Waals surface area contributed by atoms with Crippen molar-refractivity contribution in [3.8, 4) is 5.75 Å². The van der Waals surface area contributed by atoms with Crippen LogP contribution in [0.25, 0.3) is 0 Å². The number of benzene rings is 2. The van der Waals surface area contributed by atoms with Gasteiger partial charge in [0, 0.05) is 4.47 Å². The average Bonchev–Trinajstić information content (AvgIpc) is 2.49. The molecule has 0 radical (unpaired) electrons. The molecule has 0 fully saturated rings. The first-order valence-electron chi connectivity index (χ1n) is 6.79. The SMILES string of the molecule is Cc1cc(OCC(=O)N[C@H](C)c2ccccc2)ccc1Br. The van der Waals surface area contributed by atoms with Gasteiger partial charge in [-0.05, 0) is 43.2 Å². The van der Waals surface area contributed by atoms with Gasteiger partial charge in [0.1, 0.15) is 5.75 Å². The van der Waals surface area contributed by atoms with Gasteiger partial charge in [0.25, 0.3) is 5.91 Å². The molecule has 0 aromatic heterocycles. The average molecular weight is 348 g/mol. The zero-order chi connectivity index (χ0) is 15.2. The summed E-state index contributed by atoms with van der Waals surface area (Å²) in [5, 5.41) is 2.92. The van der Waals surface area contributed by atoms with Crippen molar-refractivity contribution in [2.24, 2.45) is 0 Å². The van der Waals surface area contributed by atoms with Gasteiger partial charge >= 0.3 is 0 Å². The Morgan fingerprint density at radius 1 is 1.24 bits per heavy atom. The van der Waals surface area contributed by atoms with E-state index >= 15 is 0 Å². The van der Waals surface area contributed by atoms with E-state index in [0.29, 0.717) is 5.75 Å². The summed E-state index contributed by atoms with van der Waals surface area (Å²) in [7, 11) is 0. The van der Waals surface area contributed by atoms with Gasteiger partial charge in [-0.1, -0.05) is 46.3 Å². The van der Waals surface area contributed by atoms with Crippen LogP contribution in [-0.2, 0) is 4.79 Å². The van der Waals surface area contributed by atoms with Crippen molar-refractivity contribution in [3.05, 3.63) is 64.1 Å². The zero-order valence-electron chi connectivity index (χ0n) is 12.1. The van der Waals surface area contributed by atoms with Crippen molar-refractivity contribution in [3.63, 3.8) is 0 Å². The third kappa shape index (κ3) is 4.60. The summed E-state index contributed by atoms with van der Waals surface area (Å²) in [6, 6.07) is 15.5. The maximum Gasteiger partial charge on any atom is 0.258 e. The number of hydrogen-bond donors (Lipinski definition) is 1. The van der Waals surface area contributed by atoms with Gasteiger partial charge in [0.15, 0.2) is 6.61 Å². The number of amides is 1. The van der Waals surface area contributed by atoms with Crippen LogP contribution in [0.4, 0.5) is 0 Å². The number of carbonyl (C=O) groups excluding carboxylic acids is 1. The highest BCUT2D eigenvalue weighted by atomic mass is 79.9. The molecule has 110 valence electrons. The summed E-state index contributed by atoms with van der Waals surface area (Å²) in [5.41, 5.74) is 2.15. The van der Waals surface area contributed by atoms with Gasteiger partial charge in [-0.3, -0.25) is 4.79 Å². The molecule has 0 unspecified atom stereocenters. The molecule has 3 nitrogen and oxygen atoms in total. The van der Waals surface area contributed by atoms with E-state index in [9.17, 15) is 4.79 Å². The lowest BCUT2D eigenvalue weighted by Gasteiger charge is -2.14. The second-order valence-electron chi connectivity index (χ2n) is 4.90. The number of rotatable bonds is 5. The molecule has 21 heavy (non-hydrogen) atoms. The Hall–Kier alpha value is -1.81. The van der Waals surface area contributed by atoms with Crippen LogP contribution in [0.15, 0.2) is 53.0 Å². The molecule has 2 rings (SSSR count). The largest absolute Gasteiger partial charge is 0.484 e. The molecule has 1 amide bonds. The fraction of sp³-hybridized carbons (Fsp3) is 0.235. The second kappa shape index (κ2) is 7.27. The molecule has 0 aliphatic carbocycles. The van der Waals surface area contributed by atoms with E-state index in [4.69, 9.17) is 4.74 Å². The van der Waals surface area contributed by atoms with Gasteiger partial charge < -0.3 is 10.1 Å². The van der Waals surface area contributed by atoms with Gasteiger partial charge in [-0.25, -0.2) is 0 Å². The van der Waals surface area contributed by atoms with Gasteiger partial charge in [-0.2, -0.15) is 0 Å². The van der Waals surface area contributed by atoms with Crippen molar-refractivity contribution in [1.29, 1.82) is 0 Å². The molecule has 2 aromatic rings. The molecule has 1 N–H and O–H groups in total. The van der Waals surface area contributed by atoms with Crippen molar-refractivity contribution < 1.29 is 9.53 Å². The van der Waals surface area contributed by atoms with E-state index in [0.717, 1.165) is 15.6 Å². The van der Waals surface area contributed by atoms with Gasteiger partial charge in [0.05, 0.1) is 6.04 Å². The predicted octanol–water partition coefficient (Wildman–Crippen LogP) is 4.01. The number of nitrogens with one attached hydrogen (secondary N) is 1. The molecule has 1 atom stereocenters. The first kappa shape index (κ1) is 15.6. The van der Waals surface area contributed by atoms with E-state index in [1.165, 1.54) is 0 Å². The zero-order valence-corrected chi connectivity index (χ0v) is 13.7. The van der Waals surface area contributed by atoms with E-state index in [2.05, 4.69) is 21.2 Å². The Morgan fingerprint density at radius 2 is 1.95 bits per heavy atom. The molecule has 0 spiro atoms. The topological polar surface area (TPSA) is 38.3 Å². The van der Waals surface area contributed by atoms with Crippen molar-refractivity contribution in [2.45, 2.75) is 19.9 Å². The maximum absolute atomic E-state index is 11.9. The van der Waals surface area contributed by atoms with Crippen LogP contribution in [0.5, 0.6) is 5.75 Å².